The van der Waals surface area contributed by atoms with E-state index in [2.05, 4.69) is 17.2 Å². The van der Waals surface area contributed by atoms with Gasteiger partial charge in [0.1, 0.15) is 17.1 Å². The Balaban J connectivity index is 2.51. The summed E-state index contributed by atoms with van der Waals surface area (Å²) in [6.07, 6.45) is 2.86. The normalized spacial score (nSPS) is 10.8. The van der Waals surface area contributed by atoms with Crippen LogP contribution in [0.25, 0.3) is 5.69 Å². The van der Waals surface area contributed by atoms with Crippen LogP contribution in [-0.4, -0.2) is 27.2 Å². The molecule has 0 unspecified atom stereocenters. The van der Waals surface area contributed by atoms with E-state index >= 15 is 0 Å². The average molecular weight is 296 g/mol. The number of rotatable bonds is 6. The third kappa shape index (κ3) is 2.94. The Hall–Kier alpha value is -1.59. The van der Waals surface area contributed by atoms with E-state index in [1.165, 1.54) is 0 Å². The van der Waals surface area contributed by atoms with Crippen molar-refractivity contribution in [1.29, 1.82) is 0 Å². The van der Waals surface area contributed by atoms with E-state index in [0.717, 1.165) is 30.6 Å². The van der Waals surface area contributed by atoms with Crippen LogP contribution in [0.2, 0.25) is 5.02 Å². The van der Waals surface area contributed by atoms with Crippen LogP contribution in [0, 0.1) is 0 Å². The lowest BCUT2D eigenvalue weighted by atomic mass is 10.1. The first-order valence-electron chi connectivity index (χ1n) is 6.59. The Morgan fingerprint density at radius 2 is 2.20 bits per heavy atom. The van der Waals surface area contributed by atoms with Crippen molar-refractivity contribution in [3.63, 3.8) is 0 Å². The van der Waals surface area contributed by atoms with Crippen LogP contribution in [0.4, 0.5) is 0 Å². The Morgan fingerprint density at radius 3 is 2.85 bits per heavy atom. The number of nitrogens with zero attached hydrogens (tertiary/aromatic N) is 3. The summed E-state index contributed by atoms with van der Waals surface area (Å²) in [4.78, 5) is 0. The van der Waals surface area contributed by atoms with Gasteiger partial charge in [-0.3, -0.25) is 0 Å². The highest BCUT2D eigenvalue weighted by molar-refractivity contribution is 6.30. The highest BCUT2D eigenvalue weighted by Crippen LogP contribution is 2.27. The van der Waals surface area contributed by atoms with Crippen LogP contribution in [0.3, 0.4) is 0 Å². The molecule has 1 heterocycles. The van der Waals surface area contributed by atoms with Crippen LogP contribution in [-0.2, 0) is 13.0 Å². The fourth-order valence-electron chi connectivity index (χ4n) is 2.07. The second-order valence-corrected chi connectivity index (χ2v) is 4.91. The molecule has 20 heavy (non-hydrogen) atoms. The zero-order valence-electron chi connectivity index (χ0n) is 11.6. The second-order valence-electron chi connectivity index (χ2n) is 4.47. The van der Waals surface area contributed by atoms with E-state index in [1.54, 1.807) is 30.0 Å². The molecule has 5 nitrogen and oxygen atoms in total. The molecule has 0 saturated heterocycles. The molecule has 1 aromatic carbocycles. The van der Waals surface area contributed by atoms with Gasteiger partial charge in [-0.1, -0.05) is 30.2 Å². The van der Waals surface area contributed by atoms with Crippen molar-refractivity contribution in [3.8, 4) is 11.4 Å². The van der Waals surface area contributed by atoms with Crippen molar-refractivity contribution >= 4 is 11.6 Å². The van der Waals surface area contributed by atoms with Crippen molar-refractivity contribution in [2.24, 2.45) is 0 Å². The molecule has 2 aromatic rings. The molecular weight excluding hydrogens is 278 g/mol. The van der Waals surface area contributed by atoms with Gasteiger partial charge in [0, 0.05) is 5.02 Å². The summed E-state index contributed by atoms with van der Waals surface area (Å²) in [5, 5.41) is 18.1. The van der Waals surface area contributed by atoms with Crippen molar-refractivity contribution in [2.45, 2.75) is 32.8 Å². The predicted molar refractivity (Wildman–Crippen MR) is 77.5 cm³/mol. The number of ether oxygens (including phenoxy) is 1. The Kier molecular flexibility index (Phi) is 4.98. The Morgan fingerprint density at radius 1 is 1.40 bits per heavy atom. The van der Waals surface area contributed by atoms with E-state index in [-0.39, 0.29) is 6.61 Å². The molecule has 0 radical (unpaired) electrons. The van der Waals surface area contributed by atoms with Gasteiger partial charge in [0.15, 0.2) is 0 Å². The van der Waals surface area contributed by atoms with Gasteiger partial charge in [-0.2, -0.15) is 0 Å². The number of aliphatic hydroxyl groups excluding tert-OH is 1. The highest BCUT2D eigenvalue weighted by Gasteiger charge is 2.16. The molecule has 6 heteroatoms. The van der Waals surface area contributed by atoms with E-state index in [0.29, 0.717) is 16.5 Å². The van der Waals surface area contributed by atoms with Gasteiger partial charge < -0.3 is 9.84 Å². The number of aliphatic hydroxyl groups is 1. The fraction of sp³-hybridized carbons (Fsp3) is 0.429. The summed E-state index contributed by atoms with van der Waals surface area (Å²) < 4.78 is 7.05. The number of halogens is 1. The molecule has 1 aromatic heterocycles. The molecule has 0 aliphatic rings. The zero-order chi connectivity index (χ0) is 14.5. The first-order valence-corrected chi connectivity index (χ1v) is 6.97. The van der Waals surface area contributed by atoms with Gasteiger partial charge >= 0.3 is 0 Å². The maximum Gasteiger partial charge on any atom is 0.144 e. The number of hydrogen-bond acceptors (Lipinski definition) is 4. The first-order chi connectivity index (χ1) is 9.71. The SMILES string of the molecule is CCCCc1c(CO)nnn1-c1cc(Cl)ccc1OC. The Bertz CT molecular complexity index is 584. The predicted octanol–water partition coefficient (Wildman–Crippen LogP) is 2.76. The molecule has 0 atom stereocenters. The van der Waals surface area contributed by atoms with Gasteiger partial charge in [-0.15, -0.1) is 5.10 Å². The van der Waals surface area contributed by atoms with Crippen LogP contribution in [0.1, 0.15) is 31.2 Å². The van der Waals surface area contributed by atoms with Gasteiger partial charge in [-0.25, -0.2) is 4.68 Å². The number of benzene rings is 1. The van der Waals surface area contributed by atoms with Crippen LogP contribution in [0.5, 0.6) is 5.75 Å². The minimum atomic E-state index is -0.123. The minimum Gasteiger partial charge on any atom is -0.494 e. The number of aromatic nitrogens is 3. The van der Waals surface area contributed by atoms with Crippen molar-refractivity contribution in [2.75, 3.05) is 7.11 Å². The minimum absolute atomic E-state index is 0.123. The maximum atomic E-state index is 9.39. The molecule has 0 fully saturated rings. The van der Waals surface area contributed by atoms with Gasteiger partial charge in [0.2, 0.25) is 0 Å². The maximum absolute atomic E-state index is 9.39. The number of methoxy groups -OCH3 is 1. The fourth-order valence-corrected chi connectivity index (χ4v) is 2.24. The van der Waals surface area contributed by atoms with Crippen LogP contribution >= 0.6 is 11.6 Å². The van der Waals surface area contributed by atoms with Gasteiger partial charge in [0.25, 0.3) is 0 Å². The number of hydrogen-bond donors (Lipinski definition) is 1. The van der Waals surface area contributed by atoms with E-state index in [1.807, 2.05) is 0 Å². The third-order valence-electron chi connectivity index (χ3n) is 3.13. The van der Waals surface area contributed by atoms with Crippen molar-refractivity contribution < 1.29 is 9.84 Å². The van der Waals surface area contributed by atoms with Gasteiger partial charge in [-0.05, 0) is 31.0 Å². The molecular formula is C14H18ClN3O2. The zero-order valence-corrected chi connectivity index (χ0v) is 12.4. The molecule has 0 saturated carbocycles. The third-order valence-corrected chi connectivity index (χ3v) is 3.36. The lowest BCUT2D eigenvalue weighted by molar-refractivity contribution is 0.275. The molecule has 0 amide bonds. The summed E-state index contributed by atoms with van der Waals surface area (Å²) >= 11 is 6.05. The van der Waals surface area contributed by atoms with E-state index < -0.39 is 0 Å². The summed E-state index contributed by atoms with van der Waals surface area (Å²) in [6.45, 7) is 1.99. The first kappa shape index (κ1) is 14.8. The smallest absolute Gasteiger partial charge is 0.144 e. The van der Waals surface area contributed by atoms with Crippen molar-refractivity contribution in [3.05, 3.63) is 34.6 Å². The molecule has 0 aliphatic carbocycles. The van der Waals surface area contributed by atoms with Gasteiger partial charge in [0.05, 0.1) is 19.4 Å². The summed E-state index contributed by atoms with van der Waals surface area (Å²) in [5.74, 6) is 0.668. The van der Waals surface area contributed by atoms with Crippen LogP contribution < -0.4 is 4.74 Å². The highest BCUT2D eigenvalue weighted by atomic mass is 35.5. The molecule has 1 N–H and O–H groups in total. The lowest BCUT2D eigenvalue weighted by Crippen LogP contribution is -2.06. The lowest BCUT2D eigenvalue weighted by Gasteiger charge is -2.11. The van der Waals surface area contributed by atoms with Crippen LogP contribution in [0.15, 0.2) is 18.2 Å². The Labute approximate surface area is 123 Å². The second kappa shape index (κ2) is 6.72. The molecule has 108 valence electrons. The summed E-state index contributed by atoms with van der Waals surface area (Å²) in [7, 11) is 1.60. The monoisotopic (exact) mass is 295 g/mol. The number of unbranched alkanes of at least 4 members (excludes halogenated alkanes) is 1. The molecule has 0 aliphatic heterocycles. The largest absolute Gasteiger partial charge is 0.494 e. The quantitative estimate of drug-likeness (QED) is 0.890. The molecule has 2 rings (SSSR count). The van der Waals surface area contributed by atoms with Crippen molar-refractivity contribution in [1.82, 2.24) is 15.0 Å². The summed E-state index contributed by atoms with van der Waals surface area (Å²) in [6, 6.07) is 5.34. The van der Waals surface area contributed by atoms with E-state index in [4.69, 9.17) is 16.3 Å². The average Bonchev–Trinajstić information content (AvgIpc) is 2.87. The summed E-state index contributed by atoms with van der Waals surface area (Å²) in [5.41, 5.74) is 2.23. The van der Waals surface area contributed by atoms with E-state index in [9.17, 15) is 5.11 Å². The topological polar surface area (TPSA) is 60.2 Å². The molecule has 0 bridgehead atoms. The molecule has 0 spiro atoms. The standard InChI is InChI=1S/C14H18ClN3O2/c1-3-4-5-12-11(9-19)16-17-18(12)13-8-10(15)6-7-14(13)20-2/h6-8,19H,3-5,9H2,1-2H3.